The fourth-order valence-electron chi connectivity index (χ4n) is 9.69. The van der Waals surface area contributed by atoms with Gasteiger partial charge in [-0.3, -0.25) is 0 Å². The summed E-state index contributed by atoms with van der Waals surface area (Å²) in [5, 5.41) is 2.58. The van der Waals surface area contributed by atoms with E-state index >= 15 is 0 Å². The Bertz CT molecular complexity index is 2850. The number of hydrogen-bond donors (Lipinski definition) is 0. The lowest BCUT2D eigenvalue weighted by Crippen LogP contribution is -2.60. The lowest BCUT2D eigenvalue weighted by atomic mass is 9.34. The summed E-state index contributed by atoms with van der Waals surface area (Å²) in [5.41, 5.74) is 20.1. The highest BCUT2D eigenvalue weighted by Gasteiger charge is 2.43. The van der Waals surface area contributed by atoms with Crippen LogP contribution in [0.1, 0.15) is 52.7 Å². The zero-order valence-corrected chi connectivity index (χ0v) is 34.1. The number of anilines is 3. The largest absolute Gasteiger partial charge is 0.310 e. The van der Waals surface area contributed by atoms with Crippen molar-refractivity contribution in [2.45, 2.75) is 52.4 Å². The van der Waals surface area contributed by atoms with Crippen LogP contribution in [0.25, 0.3) is 55.7 Å². The number of fused-ring (bicyclic) bond motifs is 4. The fourth-order valence-corrected chi connectivity index (χ4v) is 9.69. The monoisotopic (exact) mass is 747 g/mol. The van der Waals surface area contributed by atoms with Crippen molar-refractivity contribution in [1.29, 1.82) is 0 Å². The Balaban J connectivity index is 1.35. The third kappa shape index (κ3) is 5.21. The maximum atomic E-state index is 2.60. The zero-order valence-electron chi connectivity index (χ0n) is 34.1. The molecule has 11 rings (SSSR count). The van der Waals surface area contributed by atoms with Crippen LogP contribution in [0.5, 0.6) is 0 Å². The van der Waals surface area contributed by atoms with E-state index in [1.54, 1.807) is 0 Å². The van der Waals surface area contributed by atoms with Gasteiger partial charge in [0.25, 0.3) is 6.71 Å². The van der Waals surface area contributed by atoms with Crippen molar-refractivity contribution >= 4 is 62.0 Å². The van der Waals surface area contributed by atoms with Gasteiger partial charge in [-0.1, -0.05) is 151 Å². The molecule has 0 bridgehead atoms. The number of benzene rings is 7. The summed E-state index contributed by atoms with van der Waals surface area (Å²) in [5.74, 6) is 0. The third-order valence-electron chi connectivity index (χ3n) is 12.5. The van der Waals surface area contributed by atoms with Crippen molar-refractivity contribution < 1.29 is 0 Å². The highest BCUT2D eigenvalue weighted by molar-refractivity contribution is 7.00. The van der Waals surface area contributed by atoms with Crippen molar-refractivity contribution in [3.8, 4) is 33.9 Å². The van der Waals surface area contributed by atoms with Crippen molar-refractivity contribution in [3.63, 3.8) is 0 Å². The molecule has 3 nitrogen and oxygen atoms in total. The molecule has 0 saturated heterocycles. The minimum absolute atomic E-state index is 0.0313. The van der Waals surface area contributed by atoms with Gasteiger partial charge in [-0.25, -0.2) is 0 Å². The second kappa shape index (κ2) is 12.5. The Hall–Kier alpha value is -6.52. The molecule has 0 saturated carbocycles. The number of hydrogen-bond acceptors (Lipinski definition) is 1. The lowest BCUT2D eigenvalue weighted by Gasteiger charge is -2.37. The molecule has 2 aromatic heterocycles. The average Bonchev–Trinajstić information content (AvgIpc) is 3.82. The number of aromatic nitrogens is 2. The molecule has 2 aliphatic rings. The predicted molar refractivity (Wildman–Crippen MR) is 248 cm³/mol. The topological polar surface area (TPSA) is 13.1 Å². The molecule has 0 atom stereocenters. The van der Waals surface area contributed by atoms with Gasteiger partial charge in [0.15, 0.2) is 0 Å². The molecule has 0 aliphatic carbocycles. The first-order valence-electron chi connectivity index (χ1n) is 20.6. The summed E-state index contributed by atoms with van der Waals surface area (Å²) in [6.07, 6.45) is 0. The van der Waals surface area contributed by atoms with Crippen molar-refractivity contribution in [1.82, 2.24) is 9.13 Å². The summed E-state index contributed by atoms with van der Waals surface area (Å²) in [4.78, 5) is 2.42. The minimum atomic E-state index is -0.0313. The summed E-state index contributed by atoms with van der Waals surface area (Å²) >= 11 is 0. The summed E-state index contributed by atoms with van der Waals surface area (Å²) in [6.45, 7) is 14.1. The first-order valence-corrected chi connectivity index (χ1v) is 20.6. The third-order valence-corrected chi connectivity index (χ3v) is 12.5. The molecule has 4 heterocycles. The van der Waals surface area contributed by atoms with E-state index < -0.39 is 0 Å². The van der Waals surface area contributed by atoms with Gasteiger partial charge in [0, 0.05) is 44.6 Å². The van der Waals surface area contributed by atoms with Crippen LogP contribution in [0.3, 0.4) is 0 Å². The van der Waals surface area contributed by atoms with Crippen molar-refractivity contribution in [2.24, 2.45) is 0 Å². The Morgan fingerprint density at radius 3 is 1.17 bits per heavy atom. The number of rotatable bonds is 5. The molecule has 280 valence electrons. The maximum Gasteiger partial charge on any atom is 0.252 e. The molecule has 58 heavy (non-hydrogen) atoms. The minimum Gasteiger partial charge on any atom is -0.310 e. The van der Waals surface area contributed by atoms with E-state index in [1.165, 1.54) is 83.2 Å². The fraction of sp³-hybridized carbons (Fsp3) is 0.148. The van der Waals surface area contributed by atoms with E-state index in [9.17, 15) is 0 Å². The lowest BCUT2D eigenvalue weighted by molar-refractivity contribution is 0.591. The van der Waals surface area contributed by atoms with Crippen LogP contribution in [-0.2, 0) is 10.8 Å². The van der Waals surface area contributed by atoms with E-state index in [4.69, 9.17) is 0 Å². The first kappa shape index (κ1) is 34.7. The summed E-state index contributed by atoms with van der Waals surface area (Å²) in [7, 11) is 0. The standard InChI is InChI=1S/C54H46BN3/c1-53(2,3)39-27-37-29-46(35-19-11-7-12-20-35)57-48-33-43(56(41-23-15-9-16-24-41)42-25-17-10-18-26-42)34-49-50(48)55(44(31-39)51(37)57)45-32-40(54(4,5)6)28-38-30-47(58(49)52(38)45)36-21-13-8-14-22-36/h7-34H,1-6H3. The molecule has 0 N–H and O–H groups in total. The van der Waals surface area contributed by atoms with E-state index in [2.05, 4.69) is 225 Å². The molecule has 0 unspecified atom stereocenters. The second-order valence-electron chi connectivity index (χ2n) is 18.3. The Labute approximate surface area is 341 Å². The Morgan fingerprint density at radius 1 is 0.414 bits per heavy atom. The first-order chi connectivity index (χ1) is 28.0. The zero-order chi connectivity index (χ0) is 39.5. The van der Waals surface area contributed by atoms with E-state index in [0.29, 0.717) is 0 Å². The Morgan fingerprint density at radius 2 is 0.793 bits per heavy atom. The molecule has 0 fully saturated rings. The number of para-hydroxylation sites is 2. The quantitative estimate of drug-likeness (QED) is 0.160. The molecule has 7 aromatic carbocycles. The molecule has 0 spiro atoms. The molecule has 0 amide bonds. The van der Waals surface area contributed by atoms with Gasteiger partial charge in [0.2, 0.25) is 0 Å². The molecular formula is C54H46BN3. The van der Waals surface area contributed by atoms with Crippen molar-refractivity contribution in [3.05, 3.63) is 181 Å². The van der Waals surface area contributed by atoms with E-state index in [1.807, 2.05) is 0 Å². The van der Waals surface area contributed by atoms with Gasteiger partial charge < -0.3 is 14.0 Å². The molecule has 2 aliphatic heterocycles. The number of nitrogens with zero attached hydrogens (tertiary/aromatic N) is 3. The average molecular weight is 748 g/mol. The smallest absolute Gasteiger partial charge is 0.252 e. The highest BCUT2D eigenvalue weighted by atomic mass is 15.2. The SMILES string of the molecule is CC(C)(C)c1cc2c3c(c1)cc(-c1ccccc1)n3-c1cc(N(c3ccccc3)c3ccccc3)cc3c1B2c1cc(C(C)(C)C)cc2cc(-c4ccccc4)n-3c12. The van der Waals surface area contributed by atoms with E-state index in [-0.39, 0.29) is 17.5 Å². The van der Waals surface area contributed by atoms with Gasteiger partial charge in [-0.15, -0.1) is 0 Å². The predicted octanol–water partition coefficient (Wildman–Crippen LogP) is 12.1. The van der Waals surface area contributed by atoms with Gasteiger partial charge in [0.1, 0.15) is 0 Å². The normalized spacial score (nSPS) is 13.0. The maximum absolute atomic E-state index is 2.60. The van der Waals surface area contributed by atoms with Crippen LogP contribution in [0.4, 0.5) is 17.1 Å². The van der Waals surface area contributed by atoms with Crippen molar-refractivity contribution in [2.75, 3.05) is 4.90 Å². The van der Waals surface area contributed by atoms with Gasteiger partial charge >= 0.3 is 0 Å². The molecule has 9 aromatic rings. The highest BCUT2D eigenvalue weighted by Crippen LogP contribution is 2.44. The van der Waals surface area contributed by atoms with Crippen LogP contribution < -0.4 is 21.3 Å². The van der Waals surface area contributed by atoms with Crippen LogP contribution >= 0.6 is 0 Å². The van der Waals surface area contributed by atoms with E-state index in [0.717, 1.165) is 17.1 Å². The van der Waals surface area contributed by atoms with Crippen LogP contribution in [-0.4, -0.2) is 15.8 Å². The molecule has 4 heteroatoms. The molecular weight excluding hydrogens is 701 g/mol. The van der Waals surface area contributed by atoms with Gasteiger partial charge in [-0.05, 0) is 110 Å². The second-order valence-corrected chi connectivity index (χ2v) is 18.3. The van der Waals surface area contributed by atoms with Crippen LogP contribution in [0.2, 0.25) is 0 Å². The van der Waals surface area contributed by atoms with Crippen LogP contribution in [0.15, 0.2) is 170 Å². The van der Waals surface area contributed by atoms with Crippen LogP contribution in [0, 0.1) is 0 Å². The van der Waals surface area contributed by atoms with Gasteiger partial charge in [0.05, 0.1) is 17.1 Å². The molecule has 0 radical (unpaired) electrons. The Kier molecular flexibility index (Phi) is 7.48. The summed E-state index contributed by atoms with van der Waals surface area (Å²) < 4.78 is 5.20. The van der Waals surface area contributed by atoms with Gasteiger partial charge in [-0.2, -0.15) is 0 Å². The summed E-state index contributed by atoms with van der Waals surface area (Å²) in [6, 6.07) is 63.5.